The van der Waals surface area contributed by atoms with Gasteiger partial charge >= 0.3 is 0 Å². The normalized spacial score (nSPS) is 16.1. The number of aromatic hydroxyl groups is 1. The number of hydrogen-bond donors (Lipinski definition) is 2. The lowest BCUT2D eigenvalue weighted by Gasteiger charge is -2.35. The molecule has 2 aromatic heterocycles. The molecule has 0 saturated carbocycles. The van der Waals surface area contributed by atoms with Gasteiger partial charge in [-0.25, -0.2) is 0 Å². The van der Waals surface area contributed by atoms with Crippen molar-refractivity contribution < 1.29 is 19.4 Å². The number of carbonyl (C=O) groups is 1. The molecule has 5 nitrogen and oxygen atoms in total. The van der Waals surface area contributed by atoms with Gasteiger partial charge in [-0.15, -0.1) is 11.3 Å². The van der Waals surface area contributed by atoms with Crippen molar-refractivity contribution in [3.8, 4) is 28.4 Å². The number of hydrogen-bond acceptors (Lipinski definition) is 7. The second-order valence-electron chi connectivity index (χ2n) is 9.73. The van der Waals surface area contributed by atoms with Gasteiger partial charge in [-0.3, -0.25) is 4.79 Å². The summed E-state index contributed by atoms with van der Waals surface area (Å²) in [6, 6.07) is 11.1. The number of methoxy groups -OCH3 is 1. The molecule has 37 heavy (non-hydrogen) atoms. The predicted octanol–water partition coefficient (Wildman–Crippen LogP) is 7.92. The summed E-state index contributed by atoms with van der Waals surface area (Å²) >= 11 is 3.01. The van der Waals surface area contributed by atoms with E-state index in [1.54, 1.807) is 19.2 Å². The molecule has 186 valence electrons. The van der Waals surface area contributed by atoms with E-state index in [0.717, 1.165) is 32.8 Å². The maximum absolute atomic E-state index is 13.2. The highest BCUT2D eigenvalue weighted by atomic mass is 32.1. The maximum atomic E-state index is 13.2. The van der Waals surface area contributed by atoms with Gasteiger partial charge < -0.3 is 19.9 Å². The Morgan fingerprint density at radius 1 is 1.08 bits per heavy atom. The molecule has 7 heteroatoms. The third-order valence-electron chi connectivity index (χ3n) is 6.66. The third-order valence-corrected chi connectivity index (χ3v) is 8.20. The molecule has 0 radical (unpaired) electrons. The zero-order valence-corrected chi connectivity index (χ0v) is 22.5. The van der Waals surface area contributed by atoms with E-state index in [1.807, 2.05) is 40.4 Å². The summed E-state index contributed by atoms with van der Waals surface area (Å²) in [5, 5.41) is 19.9. The van der Waals surface area contributed by atoms with Crippen LogP contribution in [-0.2, 0) is 0 Å². The molecule has 4 aromatic rings. The lowest BCUT2D eigenvalue weighted by atomic mass is 9.83. The molecule has 0 bridgehead atoms. The fourth-order valence-corrected chi connectivity index (χ4v) is 6.69. The van der Waals surface area contributed by atoms with Crippen LogP contribution < -0.4 is 14.8 Å². The van der Waals surface area contributed by atoms with Gasteiger partial charge in [0, 0.05) is 43.8 Å². The summed E-state index contributed by atoms with van der Waals surface area (Å²) < 4.78 is 12.1. The Balaban J connectivity index is 1.60. The van der Waals surface area contributed by atoms with Crippen molar-refractivity contribution in [1.82, 2.24) is 0 Å². The fourth-order valence-electron chi connectivity index (χ4n) is 5.24. The van der Waals surface area contributed by atoms with Crippen molar-refractivity contribution in [1.29, 1.82) is 0 Å². The second-order valence-corrected chi connectivity index (χ2v) is 11.5. The summed E-state index contributed by atoms with van der Waals surface area (Å²) in [5.74, 6) is 1.64. The molecule has 0 unspecified atom stereocenters. The summed E-state index contributed by atoms with van der Waals surface area (Å²) in [4.78, 5) is 14.1. The molecule has 0 atom stereocenters. The molecule has 2 aromatic carbocycles. The second kappa shape index (κ2) is 8.64. The molecule has 0 saturated heterocycles. The van der Waals surface area contributed by atoms with Crippen LogP contribution >= 0.6 is 22.7 Å². The van der Waals surface area contributed by atoms with E-state index >= 15 is 0 Å². The van der Waals surface area contributed by atoms with Gasteiger partial charge in [0.1, 0.15) is 11.5 Å². The van der Waals surface area contributed by atoms with Gasteiger partial charge in [0.05, 0.1) is 18.2 Å². The van der Waals surface area contributed by atoms with Gasteiger partial charge in [0.2, 0.25) is 0 Å². The van der Waals surface area contributed by atoms with Crippen molar-refractivity contribution in [3.63, 3.8) is 0 Å². The molecule has 2 aliphatic rings. The van der Waals surface area contributed by atoms with Crippen LogP contribution in [0, 0.1) is 0 Å². The quantitative estimate of drug-likeness (QED) is 0.264. The molecule has 2 aliphatic heterocycles. The number of thiophene rings is 2. The zero-order valence-electron chi connectivity index (χ0n) is 20.8. The Morgan fingerprint density at radius 2 is 1.92 bits per heavy atom. The van der Waals surface area contributed by atoms with Crippen LogP contribution in [0.5, 0.6) is 17.2 Å². The van der Waals surface area contributed by atoms with Crippen LogP contribution in [-0.4, -0.2) is 23.5 Å². The van der Waals surface area contributed by atoms with E-state index in [-0.39, 0.29) is 17.1 Å². The third kappa shape index (κ3) is 3.86. The van der Waals surface area contributed by atoms with Gasteiger partial charge in [-0.05, 0) is 73.5 Å². The fraction of sp³-hybridized carbons (Fsp3) is 0.167. The molecular formula is C30H25NO4S2. The Labute approximate surface area is 223 Å². The van der Waals surface area contributed by atoms with Gasteiger partial charge in [-0.1, -0.05) is 12.1 Å². The number of rotatable bonds is 4. The summed E-state index contributed by atoms with van der Waals surface area (Å²) in [7, 11) is 1.54. The molecule has 0 aliphatic carbocycles. The number of carbonyl (C=O) groups excluding carboxylic acids is 1. The summed E-state index contributed by atoms with van der Waals surface area (Å²) in [6.45, 7) is 6.37. The van der Waals surface area contributed by atoms with Crippen molar-refractivity contribution in [3.05, 3.63) is 85.7 Å². The largest absolute Gasteiger partial charge is 0.504 e. The van der Waals surface area contributed by atoms with Crippen LogP contribution in [0.1, 0.15) is 52.7 Å². The minimum atomic E-state index is -0.202. The molecule has 6 rings (SSSR count). The highest BCUT2D eigenvalue weighted by molar-refractivity contribution is 7.11. The van der Waals surface area contributed by atoms with Gasteiger partial charge in [0.15, 0.2) is 17.3 Å². The summed E-state index contributed by atoms with van der Waals surface area (Å²) in [6.07, 6.45) is 4.16. The first-order valence-electron chi connectivity index (χ1n) is 11.9. The SMILES string of the molecule is COc1c(O)ccc2c1-c1ccc3c(c1/C(=C/c1sccc1C(=O)c1ccsc1)O2)C(C)=CC(C)(C)N3. The lowest BCUT2D eigenvalue weighted by molar-refractivity contribution is 0.103. The van der Waals surface area contributed by atoms with E-state index in [2.05, 4.69) is 38.2 Å². The highest BCUT2D eigenvalue weighted by Crippen LogP contribution is 2.54. The number of anilines is 1. The summed E-state index contributed by atoms with van der Waals surface area (Å²) in [5.41, 5.74) is 6.77. The maximum Gasteiger partial charge on any atom is 0.195 e. The molecule has 4 heterocycles. The van der Waals surface area contributed by atoms with Crippen molar-refractivity contribution in [2.45, 2.75) is 26.3 Å². The first-order chi connectivity index (χ1) is 17.8. The van der Waals surface area contributed by atoms with Gasteiger partial charge in [0.25, 0.3) is 0 Å². The molecule has 0 fully saturated rings. The van der Waals surface area contributed by atoms with E-state index in [4.69, 9.17) is 9.47 Å². The molecule has 2 N–H and O–H groups in total. The highest BCUT2D eigenvalue weighted by Gasteiger charge is 2.33. The minimum absolute atomic E-state index is 0.00745. The molecule has 0 spiro atoms. The standard InChI is InChI=1S/C30H25NO4S2/c1-16-14-30(2,3)31-20-6-5-19-26(25(16)20)23(35-22-8-7-21(32)29(34-4)27(19)22)13-24-18(10-12-37-24)28(33)17-9-11-36-15-17/h5-15,31-32H,1-4H3/b23-13-. The van der Waals surface area contributed by atoms with Crippen LogP contribution in [0.2, 0.25) is 0 Å². The number of fused-ring (bicyclic) bond motifs is 5. The van der Waals surface area contributed by atoms with Crippen molar-refractivity contribution >= 4 is 51.6 Å². The smallest absolute Gasteiger partial charge is 0.195 e. The lowest BCUT2D eigenvalue weighted by Crippen LogP contribution is -2.32. The number of phenols is 1. The number of phenolic OH excluding ortho intramolecular Hbond substituents is 1. The molecular weight excluding hydrogens is 502 g/mol. The van der Waals surface area contributed by atoms with Gasteiger partial charge in [-0.2, -0.15) is 11.3 Å². The van der Waals surface area contributed by atoms with Crippen LogP contribution in [0.3, 0.4) is 0 Å². The minimum Gasteiger partial charge on any atom is -0.504 e. The van der Waals surface area contributed by atoms with E-state index in [9.17, 15) is 9.90 Å². The Morgan fingerprint density at radius 3 is 2.68 bits per heavy atom. The zero-order chi connectivity index (χ0) is 25.9. The Hall–Kier alpha value is -3.81. The van der Waals surface area contributed by atoms with E-state index in [1.165, 1.54) is 22.7 Å². The van der Waals surface area contributed by atoms with Crippen LogP contribution in [0.4, 0.5) is 5.69 Å². The average molecular weight is 528 g/mol. The van der Waals surface area contributed by atoms with Crippen LogP contribution in [0.25, 0.3) is 28.5 Å². The molecule has 0 amide bonds. The van der Waals surface area contributed by atoms with E-state index < -0.39 is 0 Å². The first-order valence-corrected chi connectivity index (χ1v) is 13.7. The number of benzene rings is 2. The first kappa shape index (κ1) is 23.6. The number of ether oxygens (including phenoxy) is 2. The van der Waals surface area contributed by atoms with Crippen molar-refractivity contribution in [2.75, 3.05) is 12.4 Å². The average Bonchev–Trinajstić information content (AvgIpc) is 3.55. The number of ketones is 1. The topological polar surface area (TPSA) is 67.8 Å². The number of nitrogens with one attached hydrogen (secondary N) is 1. The van der Waals surface area contributed by atoms with Crippen molar-refractivity contribution in [2.24, 2.45) is 0 Å². The Bertz CT molecular complexity index is 1620. The monoisotopic (exact) mass is 527 g/mol. The predicted molar refractivity (Wildman–Crippen MR) is 152 cm³/mol. The Kier molecular flexibility index (Phi) is 5.51. The number of allylic oxidation sites excluding steroid dienone is 1. The van der Waals surface area contributed by atoms with Crippen LogP contribution in [0.15, 0.2) is 58.6 Å². The van der Waals surface area contributed by atoms with E-state index in [0.29, 0.717) is 33.9 Å².